The van der Waals surface area contributed by atoms with Gasteiger partial charge in [0, 0.05) is 12.1 Å². The van der Waals surface area contributed by atoms with Crippen LogP contribution in [0.15, 0.2) is 48.0 Å². The van der Waals surface area contributed by atoms with Crippen LogP contribution in [0.1, 0.15) is 75.3 Å². The number of benzene rings is 2. The number of hydrogen-bond acceptors (Lipinski definition) is 4. The standard InChI is InChI=1S/C27H33NO4/c1-6-15-28-24(19-11-9-18(7-2)10-12-19)23(26(30)27(28)31)25(29)20-13-14-22(32-8-3)21(16-20)17(4)5/h9-14,16-17,24,29H,6-8,15H2,1-5H3/b25-23-. The molecule has 170 valence electrons. The van der Waals surface area contributed by atoms with Gasteiger partial charge in [0.25, 0.3) is 11.7 Å². The molecule has 1 N–H and O–H groups in total. The van der Waals surface area contributed by atoms with E-state index in [1.807, 2.05) is 50.2 Å². The van der Waals surface area contributed by atoms with E-state index < -0.39 is 17.7 Å². The molecule has 0 aromatic heterocycles. The molecule has 5 heteroatoms. The minimum atomic E-state index is -0.638. The number of likely N-dealkylation sites (tertiary alicyclic amines) is 1. The molecule has 1 aliphatic heterocycles. The lowest BCUT2D eigenvalue weighted by atomic mass is 9.92. The van der Waals surface area contributed by atoms with Crippen molar-refractivity contribution in [2.24, 2.45) is 0 Å². The van der Waals surface area contributed by atoms with Gasteiger partial charge in [-0.15, -0.1) is 0 Å². The van der Waals surface area contributed by atoms with Crippen LogP contribution in [0.4, 0.5) is 0 Å². The number of ether oxygens (including phenoxy) is 1. The Labute approximate surface area is 190 Å². The van der Waals surface area contributed by atoms with Crippen molar-refractivity contribution in [3.8, 4) is 5.75 Å². The number of Topliss-reactive ketones (excluding diaryl/α,β-unsaturated/α-hetero) is 1. The summed E-state index contributed by atoms with van der Waals surface area (Å²) < 4.78 is 5.73. The van der Waals surface area contributed by atoms with Crippen LogP contribution in [0, 0.1) is 0 Å². The van der Waals surface area contributed by atoms with E-state index in [2.05, 4.69) is 20.8 Å². The first-order chi connectivity index (χ1) is 15.3. The van der Waals surface area contributed by atoms with E-state index in [1.165, 1.54) is 5.56 Å². The molecule has 0 spiro atoms. The summed E-state index contributed by atoms with van der Waals surface area (Å²) in [6.07, 6.45) is 1.62. The maximum atomic E-state index is 13.1. The molecular formula is C27H33NO4. The van der Waals surface area contributed by atoms with Gasteiger partial charge in [-0.1, -0.05) is 52.0 Å². The van der Waals surface area contributed by atoms with Crippen molar-refractivity contribution in [1.82, 2.24) is 4.90 Å². The van der Waals surface area contributed by atoms with Crippen molar-refractivity contribution < 1.29 is 19.4 Å². The molecule has 1 unspecified atom stereocenters. The summed E-state index contributed by atoms with van der Waals surface area (Å²) in [4.78, 5) is 27.5. The largest absolute Gasteiger partial charge is 0.507 e. The lowest BCUT2D eigenvalue weighted by Gasteiger charge is -2.25. The number of nitrogens with zero attached hydrogens (tertiary/aromatic N) is 1. The van der Waals surface area contributed by atoms with Crippen molar-refractivity contribution in [2.45, 2.75) is 59.4 Å². The van der Waals surface area contributed by atoms with Crippen molar-refractivity contribution in [3.05, 3.63) is 70.3 Å². The Bertz CT molecular complexity index is 1020. The number of hydrogen-bond donors (Lipinski definition) is 1. The highest BCUT2D eigenvalue weighted by Gasteiger charge is 2.45. The highest BCUT2D eigenvalue weighted by atomic mass is 16.5. The third kappa shape index (κ3) is 4.43. The Kier molecular flexibility index (Phi) is 7.39. The van der Waals surface area contributed by atoms with Crippen LogP contribution in [0.2, 0.25) is 0 Å². The molecule has 0 bridgehead atoms. The summed E-state index contributed by atoms with van der Waals surface area (Å²) >= 11 is 0. The van der Waals surface area contributed by atoms with Crippen LogP contribution in [0.25, 0.3) is 5.76 Å². The first kappa shape index (κ1) is 23.6. The molecule has 2 aromatic carbocycles. The molecule has 1 amide bonds. The summed E-state index contributed by atoms with van der Waals surface area (Å²) in [5, 5.41) is 11.3. The minimum Gasteiger partial charge on any atom is -0.507 e. The second-order valence-electron chi connectivity index (χ2n) is 8.43. The second-order valence-corrected chi connectivity index (χ2v) is 8.43. The molecule has 0 radical (unpaired) electrons. The average molecular weight is 436 g/mol. The van der Waals surface area contributed by atoms with E-state index in [9.17, 15) is 14.7 Å². The van der Waals surface area contributed by atoms with Crippen molar-refractivity contribution in [2.75, 3.05) is 13.2 Å². The number of ketones is 1. The van der Waals surface area contributed by atoms with Crippen LogP contribution in [-0.4, -0.2) is 34.8 Å². The van der Waals surface area contributed by atoms with Gasteiger partial charge in [-0.3, -0.25) is 9.59 Å². The van der Waals surface area contributed by atoms with Gasteiger partial charge >= 0.3 is 0 Å². The lowest BCUT2D eigenvalue weighted by molar-refractivity contribution is -0.139. The van der Waals surface area contributed by atoms with Gasteiger partial charge in [-0.25, -0.2) is 0 Å². The third-order valence-electron chi connectivity index (χ3n) is 5.91. The van der Waals surface area contributed by atoms with E-state index in [4.69, 9.17) is 4.74 Å². The van der Waals surface area contributed by atoms with Gasteiger partial charge in [0.1, 0.15) is 11.5 Å². The zero-order valence-electron chi connectivity index (χ0n) is 19.6. The summed E-state index contributed by atoms with van der Waals surface area (Å²) in [6, 6.07) is 12.7. The van der Waals surface area contributed by atoms with Gasteiger partial charge in [-0.2, -0.15) is 0 Å². The predicted molar refractivity (Wildman–Crippen MR) is 127 cm³/mol. The smallest absolute Gasteiger partial charge is 0.295 e. The van der Waals surface area contributed by atoms with Gasteiger partial charge in [0.15, 0.2) is 0 Å². The number of aryl methyl sites for hydroxylation is 1. The van der Waals surface area contributed by atoms with Crippen LogP contribution in [-0.2, 0) is 16.0 Å². The number of amides is 1. The predicted octanol–water partition coefficient (Wildman–Crippen LogP) is 5.60. The molecule has 1 fully saturated rings. The Morgan fingerprint density at radius 1 is 1.06 bits per heavy atom. The van der Waals surface area contributed by atoms with Gasteiger partial charge in [0.05, 0.1) is 18.2 Å². The highest BCUT2D eigenvalue weighted by molar-refractivity contribution is 6.46. The highest BCUT2D eigenvalue weighted by Crippen LogP contribution is 2.40. The van der Waals surface area contributed by atoms with Crippen molar-refractivity contribution in [3.63, 3.8) is 0 Å². The number of rotatable bonds is 8. The normalized spacial score (nSPS) is 17.9. The molecule has 32 heavy (non-hydrogen) atoms. The zero-order valence-corrected chi connectivity index (χ0v) is 19.6. The van der Waals surface area contributed by atoms with Gasteiger partial charge < -0.3 is 14.7 Å². The van der Waals surface area contributed by atoms with E-state index in [1.54, 1.807) is 11.0 Å². The lowest BCUT2D eigenvalue weighted by Crippen LogP contribution is -2.30. The quantitative estimate of drug-likeness (QED) is 0.333. The third-order valence-corrected chi connectivity index (χ3v) is 5.91. The van der Waals surface area contributed by atoms with E-state index in [0.29, 0.717) is 18.7 Å². The van der Waals surface area contributed by atoms with Gasteiger partial charge in [0.2, 0.25) is 0 Å². The van der Waals surface area contributed by atoms with Crippen molar-refractivity contribution in [1.29, 1.82) is 0 Å². The minimum absolute atomic E-state index is 0.142. The van der Waals surface area contributed by atoms with Crippen LogP contribution in [0.5, 0.6) is 5.75 Å². The first-order valence-electron chi connectivity index (χ1n) is 11.5. The second kappa shape index (κ2) is 10.0. The van der Waals surface area contributed by atoms with Crippen molar-refractivity contribution >= 4 is 17.4 Å². The topological polar surface area (TPSA) is 66.8 Å². The Hall–Kier alpha value is -3.08. The first-order valence-corrected chi connectivity index (χ1v) is 11.5. The molecule has 5 nitrogen and oxygen atoms in total. The van der Waals surface area contributed by atoms with Crippen LogP contribution >= 0.6 is 0 Å². The number of carbonyl (C=O) groups excluding carboxylic acids is 2. The molecule has 1 saturated heterocycles. The average Bonchev–Trinajstić information content (AvgIpc) is 3.04. The fourth-order valence-corrected chi connectivity index (χ4v) is 4.22. The van der Waals surface area contributed by atoms with Gasteiger partial charge in [-0.05, 0) is 60.6 Å². The molecular weight excluding hydrogens is 402 g/mol. The molecule has 0 aliphatic carbocycles. The summed E-state index contributed by atoms with van der Waals surface area (Å²) in [5.41, 5.74) is 3.61. The molecule has 1 aliphatic rings. The SMILES string of the molecule is CCCN1C(=O)C(=O)/C(=C(\O)c2ccc(OCC)c(C(C)C)c2)C1c1ccc(CC)cc1. The number of aliphatic hydroxyl groups excluding tert-OH is 1. The number of aliphatic hydroxyl groups is 1. The Balaban J connectivity index is 2.17. The van der Waals surface area contributed by atoms with E-state index in [0.717, 1.165) is 29.7 Å². The van der Waals surface area contributed by atoms with E-state index >= 15 is 0 Å². The maximum absolute atomic E-state index is 13.1. The Morgan fingerprint density at radius 2 is 1.75 bits per heavy atom. The fraction of sp³-hybridized carbons (Fsp3) is 0.407. The molecule has 2 aromatic rings. The number of carbonyl (C=O) groups is 2. The molecule has 0 saturated carbocycles. The van der Waals surface area contributed by atoms with E-state index in [-0.39, 0.29) is 17.3 Å². The van der Waals surface area contributed by atoms with Crippen LogP contribution in [0.3, 0.4) is 0 Å². The molecule has 1 atom stereocenters. The molecule has 3 rings (SSSR count). The summed E-state index contributed by atoms with van der Waals surface area (Å²) in [6.45, 7) is 11.1. The summed E-state index contributed by atoms with van der Waals surface area (Å²) in [5.74, 6) is -0.411. The monoisotopic (exact) mass is 435 g/mol. The fourth-order valence-electron chi connectivity index (χ4n) is 4.22. The maximum Gasteiger partial charge on any atom is 0.295 e. The molecule has 1 heterocycles. The zero-order chi connectivity index (χ0) is 23.4. The van der Waals surface area contributed by atoms with Crippen LogP contribution < -0.4 is 4.74 Å². The Morgan fingerprint density at radius 3 is 2.31 bits per heavy atom. The summed E-state index contributed by atoms with van der Waals surface area (Å²) in [7, 11) is 0.